The van der Waals surface area contributed by atoms with E-state index in [1.165, 1.54) is 5.92 Å². The molecule has 0 heterocycles. The third kappa shape index (κ3) is 3.23. The number of alkyl halides is 1. The van der Waals surface area contributed by atoms with E-state index in [2.05, 4.69) is 11.2 Å². The van der Waals surface area contributed by atoms with Gasteiger partial charge in [0, 0.05) is 5.92 Å². The maximum absolute atomic E-state index is 11.2. The van der Waals surface area contributed by atoms with Crippen molar-refractivity contribution in [2.24, 2.45) is 0 Å². The van der Waals surface area contributed by atoms with E-state index < -0.39 is 18.6 Å². The van der Waals surface area contributed by atoms with Gasteiger partial charge in [-0.15, -0.1) is 6.42 Å². The van der Waals surface area contributed by atoms with Crippen LogP contribution >= 0.6 is 0 Å². The van der Waals surface area contributed by atoms with E-state index in [1.807, 2.05) is 0 Å². The van der Waals surface area contributed by atoms with Crippen LogP contribution in [0.5, 0.6) is 0 Å². The van der Waals surface area contributed by atoms with Gasteiger partial charge in [0.05, 0.1) is 0 Å². The van der Waals surface area contributed by atoms with Crippen molar-refractivity contribution >= 4 is 11.9 Å². The Bertz CT molecular complexity index is 168. The lowest BCUT2D eigenvalue weighted by Crippen LogP contribution is -2.11. The summed E-state index contributed by atoms with van der Waals surface area (Å²) in [5, 5.41) is 0. The number of ether oxygens (including phenoxy) is 1. The SMILES string of the molecule is C#CC(=O)OC(=O)CF. The number of halogens is 1. The third-order valence-corrected chi connectivity index (χ3v) is 0.433. The summed E-state index contributed by atoms with van der Waals surface area (Å²) < 4.78 is 14.8. The molecule has 3 nitrogen and oxygen atoms in total. The van der Waals surface area contributed by atoms with Crippen molar-refractivity contribution in [2.75, 3.05) is 6.67 Å². The molecule has 48 valence electrons. The maximum atomic E-state index is 11.2. The average Bonchev–Trinajstić information content (AvgIpc) is 1.87. The summed E-state index contributed by atoms with van der Waals surface area (Å²) in [6.45, 7) is -1.34. The maximum Gasteiger partial charge on any atom is 0.391 e. The highest BCUT2D eigenvalue weighted by atomic mass is 19.1. The zero-order valence-electron chi connectivity index (χ0n) is 4.39. The molecular weight excluding hydrogens is 127 g/mol. The molecule has 0 bridgehead atoms. The molecule has 0 fully saturated rings. The molecule has 0 aliphatic carbocycles. The van der Waals surface area contributed by atoms with Gasteiger partial charge in [0.1, 0.15) is 0 Å². The van der Waals surface area contributed by atoms with Crippen molar-refractivity contribution in [3.63, 3.8) is 0 Å². The Hall–Kier alpha value is -1.37. The van der Waals surface area contributed by atoms with Crippen LogP contribution in [0.3, 0.4) is 0 Å². The molecule has 0 amide bonds. The van der Waals surface area contributed by atoms with Crippen LogP contribution < -0.4 is 0 Å². The van der Waals surface area contributed by atoms with Gasteiger partial charge in [-0.05, 0) is 0 Å². The summed E-state index contributed by atoms with van der Waals surface area (Å²) in [7, 11) is 0. The summed E-state index contributed by atoms with van der Waals surface area (Å²) in [5.74, 6) is -0.953. The molecule has 0 radical (unpaired) electrons. The molecule has 0 aromatic carbocycles. The molecule has 0 aromatic heterocycles. The van der Waals surface area contributed by atoms with Crippen LogP contribution in [0.4, 0.5) is 4.39 Å². The first-order chi connectivity index (χ1) is 4.20. The van der Waals surface area contributed by atoms with E-state index >= 15 is 0 Å². The molecule has 0 spiro atoms. The number of hydrogen-bond acceptors (Lipinski definition) is 3. The van der Waals surface area contributed by atoms with E-state index in [-0.39, 0.29) is 0 Å². The monoisotopic (exact) mass is 130 g/mol. The van der Waals surface area contributed by atoms with E-state index in [1.54, 1.807) is 0 Å². The molecule has 0 N–H and O–H groups in total. The van der Waals surface area contributed by atoms with Gasteiger partial charge >= 0.3 is 11.9 Å². The third-order valence-electron chi connectivity index (χ3n) is 0.433. The number of rotatable bonds is 1. The molecule has 0 unspecified atom stereocenters. The smallest absolute Gasteiger partial charge is 0.381 e. The zero-order valence-corrected chi connectivity index (χ0v) is 4.39. The van der Waals surface area contributed by atoms with Gasteiger partial charge in [0.2, 0.25) is 0 Å². The fourth-order valence-electron chi connectivity index (χ4n) is 0.160. The summed E-state index contributed by atoms with van der Waals surface area (Å²) in [6.07, 6.45) is 4.48. The van der Waals surface area contributed by atoms with Crippen molar-refractivity contribution in [1.29, 1.82) is 0 Å². The molecule has 0 atom stereocenters. The van der Waals surface area contributed by atoms with Crippen LogP contribution in [0.25, 0.3) is 0 Å². The molecule has 4 heteroatoms. The Balaban J connectivity index is 3.64. The van der Waals surface area contributed by atoms with E-state index in [0.29, 0.717) is 0 Å². The summed E-state index contributed by atoms with van der Waals surface area (Å²) >= 11 is 0. The van der Waals surface area contributed by atoms with Gasteiger partial charge in [-0.3, -0.25) is 0 Å². The standard InChI is InChI=1S/C5H3FO3/c1-2-4(7)9-5(8)3-6/h1H,3H2. The number of terminal acetylenes is 1. The van der Waals surface area contributed by atoms with Crippen molar-refractivity contribution in [1.82, 2.24) is 0 Å². The highest BCUT2D eigenvalue weighted by molar-refractivity contribution is 5.96. The molecular formula is C5H3FO3. The lowest BCUT2D eigenvalue weighted by atomic mass is 10.7. The molecule has 0 rings (SSSR count). The largest absolute Gasteiger partial charge is 0.391 e. The second-order valence-corrected chi connectivity index (χ2v) is 1.04. The highest BCUT2D eigenvalue weighted by Gasteiger charge is 2.04. The lowest BCUT2D eigenvalue weighted by Gasteiger charge is -1.89. The van der Waals surface area contributed by atoms with E-state index in [0.717, 1.165) is 0 Å². The minimum Gasteiger partial charge on any atom is -0.381 e. The Morgan fingerprint density at radius 1 is 1.67 bits per heavy atom. The van der Waals surface area contributed by atoms with Crippen LogP contribution in [0.15, 0.2) is 0 Å². The number of hydrogen-bond donors (Lipinski definition) is 0. The number of carbonyl (C=O) groups is 2. The first-order valence-corrected chi connectivity index (χ1v) is 1.98. The molecule has 9 heavy (non-hydrogen) atoms. The Labute approximate surface area is 50.8 Å². The molecule has 0 saturated carbocycles. The van der Waals surface area contributed by atoms with Gasteiger partial charge in [-0.1, -0.05) is 0 Å². The topological polar surface area (TPSA) is 43.4 Å². The summed E-state index contributed by atoms with van der Waals surface area (Å²) in [4.78, 5) is 19.8. The fourth-order valence-corrected chi connectivity index (χ4v) is 0.160. The zero-order chi connectivity index (χ0) is 7.28. The van der Waals surface area contributed by atoms with Gasteiger partial charge in [-0.25, -0.2) is 14.0 Å². The Kier molecular flexibility index (Phi) is 3.06. The van der Waals surface area contributed by atoms with Crippen molar-refractivity contribution in [3.8, 4) is 12.3 Å². The van der Waals surface area contributed by atoms with Crippen LogP contribution in [-0.2, 0) is 14.3 Å². The second kappa shape index (κ2) is 3.61. The summed E-state index contributed by atoms with van der Waals surface area (Å²) in [5.41, 5.74) is 0. The van der Waals surface area contributed by atoms with Crippen LogP contribution in [0.2, 0.25) is 0 Å². The molecule has 0 aromatic rings. The van der Waals surface area contributed by atoms with Crippen LogP contribution in [-0.4, -0.2) is 18.6 Å². The average molecular weight is 130 g/mol. The van der Waals surface area contributed by atoms with Gasteiger partial charge in [0.15, 0.2) is 6.67 Å². The minimum atomic E-state index is -1.34. The molecule has 0 aliphatic rings. The molecule has 0 aliphatic heterocycles. The number of esters is 2. The fraction of sp³-hybridized carbons (Fsp3) is 0.200. The predicted octanol–water partition coefficient (Wildman–Crippen LogP) is -0.341. The Morgan fingerprint density at radius 2 is 2.22 bits per heavy atom. The summed E-state index contributed by atoms with van der Waals surface area (Å²) in [6, 6.07) is 0. The van der Waals surface area contributed by atoms with E-state index in [9.17, 15) is 14.0 Å². The normalized spacial score (nSPS) is 7.56. The van der Waals surface area contributed by atoms with Crippen molar-refractivity contribution < 1.29 is 18.7 Å². The highest BCUT2D eigenvalue weighted by Crippen LogP contribution is 1.79. The van der Waals surface area contributed by atoms with E-state index in [4.69, 9.17) is 0 Å². The quantitative estimate of drug-likeness (QED) is 0.211. The van der Waals surface area contributed by atoms with Gasteiger partial charge in [0.25, 0.3) is 0 Å². The Morgan fingerprint density at radius 3 is 2.56 bits per heavy atom. The van der Waals surface area contributed by atoms with Crippen molar-refractivity contribution in [2.45, 2.75) is 0 Å². The van der Waals surface area contributed by atoms with Crippen molar-refractivity contribution in [3.05, 3.63) is 0 Å². The molecule has 0 saturated heterocycles. The lowest BCUT2D eigenvalue weighted by molar-refractivity contribution is -0.156. The number of carbonyl (C=O) groups excluding carboxylic acids is 2. The predicted molar refractivity (Wildman–Crippen MR) is 25.9 cm³/mol. The first kappa shape index (κ1) is 7.63. The van der Waals surface area contributed by atoms with Crippen LogP contribution in [0.1, 0.15) is 0 Å². The van der Waals surface area contributed by atoms with Gasteiger partial charge < -0.3 is 4.74 Å². The second-order valence-electron chi connectivity index (χ2n) is 1.04. The van der Waals surface area contributed by atoms with Gasteiger partial charge in [-0.2, -0.15) is 0 Å². The first-order valence-electron chi connectivity index (χ1n) is 1.98. The van der Waals surface area contributed by atoms with Crippen LogP contribution in [0, 0.1) is 12.3 Å². The minimum absolute atomic E-state index is 1.17.